The van der Waals surface area contributed by atoms with Gasteiger partial charge in [0.25, 0.3) is 0 Å². The van der Waals surface area contributed by atoms with Gasteiger partial charge in [0.2, 0.25) is 0 Å². The van der Waals surface area contributed by atoms with Crippen molar-refractivity contribution in [2.75, 3.05) is 13.7 Å². The van der Waals surface area contributed by atoms with Crippen molar-refractivity contribution in [2.24, 2.45) is 0 Å². The molecule has 0 amide bonds. The van der Waals surface area contributed by atoms with Gasteiger partial charge in [-0.25, -0.2) is 0 Å². The zero-order valence-electron chi connectivity index (χ0n) is 13.4. The maximum Gasteiger partial charge on any atom is 0.119 e. The van der Waals surface area contributed by atoms with E-state index in [9.17, 15) is 0 Å². The van der Waals surface area contributed by atoms with Crippen molar-refractivity contribution in [3.8, 4) is 5.75 Å². The van der Waals surface area contributed by atoms with Crippen LogP contribution in [-0.4, -0.2) is 13.7 Å². The van der Waals surface area contributed by atoms with Gasteiger partial charge in [-0.3, -0.25) is 0 Å². The first-order valence-electron chi connectivity index (χ1n) is 7.60. The van der Waals surface area contributed by atoms with Gasteiger partial charge in [0.1, 0.15) is 5.75 Å². The molecule has 0 saturated heterocycles. The molecule has 0 spiro atoms. The highest BCUT2D eigenvalue weighted by Gasteiger charge is 2.12. The number of likely N-dealkylation sites (N-methyl/N-ethyl adjacent to an activating group) is 1. The van der Waals surface area contributed by atoms with Gasteiger partial charge in [-0.2, -0.15) is 0 Å². The molecule has 2 aromatic carbocycles. The Balaban J connectivity index is 2.17. The highest BCUT2D eigenvalue weighted by Crippen LogP contribution is 2.23. The maximum atomic E-state index is 5.51. The van der Waals surface area contributed by atoms with E-state index in [0.717, 1.165) is 12.2 Å². The van der Waals surface area contributed by atoms with Crippen LogP contribution in [0.15, 0.2) is 42.5 Å². The lowest BCUT2D eigenvalue weighted by Crippen LogP contribution is -2.19. The molecular weight excluding hydrogens is 258 g/mol. The van der Waals surface area contributed by atoms with Crippen LogP contribution < -0.4 is 10.1 Å². The maximum absolute atomic E-state index is 5.51. The lowest BCUT2D eigenvalue weighted by Gasteiger charge is -2.19. The van der Waals surface area contributed by atoms with Crippen LogP contribution in [0.2, 0.25) is 0 Å². The molecule has 0 aromatic heterocycles. The summed E-state index contributed by atoms with van der Waals surface area (Å²) in [5, 5.41) is 3.42. The molecule has 21 heavy (non-hydrogen) atoms. The fourth-order valence-corrected chi connectivity index (χ4v) is 2.59. The summed E-state index contributed by atoms with van der Waals surface area (Å²) in [6, 6.07) is 15.4. The van der Waals surface area contributed by atoms with E-state index >= 15 is 0 Å². The monoisotopic (exact) mass is 283 g/mol. The first kappa shape index (κ1) is 15.6. The first-order valence-corrected chi connectivity index (χ1v) is 7.60. The van der Waals surface area contributed by atoms with Crippen LogP contribution in [0, 0.1) is 13.8 Å². The van der Waals surface area contributed by atoms with Gasteiger partial charge >= 0.3 is 0 Å². The molecule has 0 heterocycles. The summed E-state index contributed by atoms with van der Waals surface area (Å²) in [6.45, 7) is 7.04. The molecule has 2 heteroatoms. The molecule has 0 aliphatic heterocycles. The molecule has 1 N–H and O–H groups in total. The Hall–Kier alpha value is -1.80. The summed E-state index contributed by atoms with van der Waals surface area (Å²) < 4.78 is 5.51. The molecule has 0 fully saturated rings. The average Bonchev–Trinajstić information content (AvgIpc) is 2.49. The van der Waals surface area contributed by atoms with E-state index in [4.69, 9.17) is 4.74 Å². The summed E-state index contributed by atoms with van der Waals surface area (Å²) in [6.07, 6.45) is 0.998. The van der Waals surface area contributed by atoms with Gasteiger partial charge < -0.3 is 10.1 Å². The minimum atomic E-state index is 0.321. The van der Waals surface area contributed by atoms with Crippen molar-refractivity contribution in [1.82, 2.24) is 5.32 Å². The van der Waals surface area contributed by atoms with Crippen LogP contribution in [-0.2, 0) is 6.42 Å². The predicted molar refractivity (Wildman–Crippen MR) is 89.0 cm³/mol. The van der Waals surface area contributed by atoms with Crippen LogP contribution in [0.5, 0.6) is 5.75 Å². The highest BCUT2D eigenvalue weighted by atomic mass is 16.5. The third-order valence-corrected chi connectivity index (χ3v) is 3.87. The summed E-state index contributed by atoms with van der Waals surface area (Å²) in [7, 11) is 2.02. The van der Waals surface area contributed by atoms with Gasteiger partial charge in [-0.15, -0.1) is 0 Å². The molecule has 112 valence electrons. The van der Waals surface area contributed by atoms with E-state index in [1.807, 2.05) is 26.1 Å². The first-order chi connectivity index (χ1) is 10.1. The van der Waals surface area contributed by atoms with E-state index in [0.29, 0.717) is 12.6 Å². The lowest BCUT2D eigenvalue weighted by atomic mass is 9.95. The van der Waals surface area contributed by atoms with E-state index in [2.05, 4.69) is 49.5 Å². The zero-order chi connectivity index (χ0) is 15.2. The Morgan fingerprint density at radius 2 is 1.76 bits per heavy atom. The molecule has 0 aliphatic carbocycles. The molecular formula is C19H25NO. The number of hydrogen-bond acceptors (Lipinski definition) is 2. The lowest BCUT2D eigenvalue weighted by molar-refractivity contribution is 0.340. The Morgan fingerprint density at radius 3 is 2.38 bits per heavy atom. The number of ether oxygens (including phenoxy) is 1. The van der Waals surface area contributed by atoms with Crippen molar-refractivity contribution in [1.29, 1.82) is 0 Å². The van der Waals surface area contributed by atoms with Crippen molar-refractivity contribution >= 4 is 0 Å². The molecule has 2 rings (SSSR count). The van der Waals surface area contributed by atoms with Crippen molar-refractivity contribution in [3.63, 3.8) is 0 Å². The molecule has 2 nitrogen and oxygen atoms in total. The van der Waals surface area contributed by atoms with E-state index in [1.165, 1.54) is 22.3 Å². The predicted octanol–water partition coefficient (Wildman–Crippen LogP) is 4.21. The summed E-state index contributed by atoms with van der Waals surface area (Å²) in [4.78, 5) is 0. The molecule has 1 unspecified atom stereocenters. The Bertz CT molecular complexity index is 575. The molecule has 0 aliphatic rings. The minimum absolute atomic E-state index is 0.321. The van der Waals surface area contributed by atoms with Crippen LogP contribution in [0.3, 0.4) is 0 Å². The van der Waals surface area contributed by atoms with E-state index in [1.54, 1.807) is 0 Å². The average molecular weight is 283 g/mol. The Labute approximate surface area is 128 Å². The van der Waals surface area contributed by atoms with Crippen LogP contribution in [0.4, 0.5) is 0 Å². The second-order valence-corrected chi connectivity index (χ2v) is 5.48. The Morgan fingerprint density at radius 1 is 1.05 bits per heavy atom. The van der Waals surface area contributed by atoms with E-state index in [-0.39, 0.29) is 0 Å². The smallest absolute Gasteiger partial charge is 0.119 e. The SMILES string of the molecule is CCOc1ccc(C(Cc2cc(C)ccc2C)NC)cc1. The quantitative estimate of drug-likeness (QED) is 0.857. The summed E-state index contributed by atoms with van der Waals surface area (Å²) in [5.74, 6) is 0.933. The van der Waals surface area contributed by atoms with Gasteiger partial charge in [0, 0.05) is 6.04 Å². The molecule has 0 saturated carbocycles. The second-order valence-electron chi connectivity index (χ2n) is 5.48. The number of hydrogen-bond donors (Lipinski definition) is 1. The zero-order valence-corrected chi connectivity index (χ0v) is 13.4. The highest BCUT2D eigenvalue weighted by molar-refractivity contribution is 5.34. The molecule has 0 bridgehead atoms. The van der Waals surface area contributed by atoms with Crippen molar-refractivity contribution < 1.29 is 4.74 Å². The standard InChI is InChI=1S/C19H25NO/c1-5-21-18-10-8-16(9-11-18)19(20-4)13-17-12-14(2)6-7-15(17)3/h6-12,19-20H,5,13H2,1-4H3. The van der Waals surface area contributed by atoms with Crippen molar-refractivity contribution in [3.05, 3.63) is 64.7 Å². The van der Waals surface area contributed by atoms with E-state index < -0.39 is 0 Å². The van der Waals surface area contributed by atoms with Crippen LogP contribution in [0.1, 0.15) is 35.2 Å². The third-order valence-electron chi connectivity index (χ3n) is 3.87. The topological polar surface area (TPSA) is 21.3 Å². The van der Waals surface area contributed by atoms with Gasteiger partial charge in [0.15, 0.2) is 0 Å². The summed E-state index contributed by atoms with van der Waals surface area (Å²) >= 11 is 0. The summed E-state index contributed by atoms with van der Waals surface area (Å²) in [5.41, 5.74) is 5.37. The normalized spacial score (nSPS) is 12.2. The fraction of sp³-hybridized carbons (Fsp3) is 0.368. The van der Waals surface area contributed by atoms with Crippen molar-refractivity contribution in [2.45, 2.75) is 33.2 Å². The number of rotatable bonds is 6. The molecule has 2 aromatic rings. The van der Waals surface area contributed by atoms with Crippen LogP contribution in [0.25, 0.3) is 0 Å². The van der Waals surface area contributed by atoms with Gasteiger partial charge in [-0.05, 0) is 63.1 Å². The number of aryl methyl sites for hydroxylation is 2. The number of benzene rings is 2. The third kappa shape index (κ3) is 4.08. The second kappa shape index (κ2) is 7.28. The molecule has 0 radical (unpaired) electrons. The van der Waals surface area contributed by atoms with Gasteiger partial charge in [-0.1, -0.05) is 35.9 Å². The Kier molecular flexibility index (Phi) is 5.40. The largest absolute Gasteiger partial charge is 0.494 e. The fourth-order valence-electron chi connectivity index (χ4n) is 2.59. The molecule has 1 atom stereocenters. The van der Waals surface area contributed by atoms with Crippen LogP contribution >= 0.6 is 0 Å². The minimum Gasteiger partial charge on any atom is -0.494 e. The van der Waals surface area contributed by atoms with Gasteiger partial charge in [0.05, 0.1) is 6.61 Å². The number of nitrogens with one attached hydrogen (secondary N) is 1.